The molecule has 21 heavy (non-hydrogen) atoms. The van der Waals surface area contributed by atoms with E-state index in [1.54, 1.807) is 19.3 Å². The fourth-order valence-electron chi connectivity index (χ4n) is 2.06. The van der Waals surface area contributed by atoms with Crippen molar-refractivity contribution in [2.45, 2.75) is 32.4 Å². The van der Waals surface area contributed by atoms with E-state index in [1.165, 1.54) is 0 Å². The summed E-state index contributed by atoms with van der Waals surface area (Å²) in [5.41, 5.74) is 1.05. The fraction of sp³-hybridized carbons (Fsp3) is 0.294. The molecule has 0 spiro atoms. The molecular weight excluding hydrogens is 264 g/mol. The van der Waals surface area contributed by atoms with Gasteiger partial charge in [0.05, 0.1) is 6.04 Å². The summed E-state index contributed by atoms with van der Waals surface area (Å²) in [6.07, 6.45) is 3.74. The van der Waals surface area contributed by atoms with Gasteiger partial charge in [-0.1, -0.05) is 25.1 Å². The van der Waals surface area contributed by atoms with Crippen molar-refractivity contribution < 1.29 is 9.53 Å². The topological polar surface area (TPSA) is 51.2 Å². The zero-order valence-electron chi connectivity index (χ0n) is 12.3. The summed E-state index contributed by atoms with van der Waals surface area (Å²) in [4.78, 5) is 16.2. The molecule has 2 rings (SSSR count). The molecule has 1 aromatic heterocycles. The first-order valence-electron chi connectivity index (χ1n) is 7.12. The minimum atomic E-state index is -0.539. The van der Waals surface area contributed by atoms with Gasteiger partial charge in [0.1, 0.15) is 5.75 Å². The largest absolute Gasteiger partial charge is 0.481 e. The highest BCUT2D eigenvalue weighted by atomic mass is 16.5. The third-order valence-electron chi connectivity index (χ3n) is 3.26. The van der Waals surface area contributed by atoms with Crippen LogP contribution in [0.4, 0.5) is 0 Å². The first kappa shape index (κ1) is 15.0. The van der Waals surface area contributed by atoms with Crippen LogP contribution in [0.1, 0.15) is 31.9 Å². The van der Waals surface area contributed by atoms with Gasteiger partial charge in [0.2, 0.25) is 0 Å². The summed E-state index contributed by atoms with van der Waals surface area (Å²) in [5, 5.41) is 3.01. The Kier molecular flexibility index (Phi) is 5.32. The number of ether oxygens (including phenoxy) is 1. The van der Waals surface area contributed by atoms with E-state index in [2.05, 4.69) is 10.3 Å². The molecule has 0 bridgehead atoms. The van der Waals surface area contributed by atoms with Crippen molar-refractivity contribution in [2.24, 2.45) is 0 Å². The number of hydrogen-bond donors (Lipinski definition) is 1. The number of rotatable bonds is 6. The van der Waals surface area contributed by atoms with Crippen LogP contribution in [0.5, 0.6) is 5.75 Å². The number of para-hydroxylation sites is 1. The second-order valence-electron chi connectivity index (χ2n) is 4.82. The van der Waals surface area contributed by atoms with E-state index in [4.69, 9.17) is 4.74 Å². The molecule has 4 heteroatoms. The van der Waals surface area contributed by atoms with E-state index in [0.29, 0.717) is 5.75 Å². The first-order chi connectivity index (χ1) is 10.2. The zero-order chi connectivity index (χ0) is 15.1. The van der Waals surface area contributed by atoms with Crippen LogP contribution in [0.2, 0.25) is 0 Å². The maximum Gasteiger partial charge on any atom is 0.261 e. The fourth-order valence-corrected chi connectivity index (χ4v) is 2.06. The monoisotopic (exact) mass is 284 g/mol. The highest BCUT2D eigenvalue weighted by molar-refractivity contribution is 5.81. The van der Waals surface area contributed by atoms with Gasteiger partial charge in [-0.25, -0.2) is 0 Å². The lowest BCUT2D eigenvalue weighted by Gasteiger charge is -2.20. The van der Waals surface area contributed by atoms with Crippen LogP contribution in [0, 0.1) is 0 Å². The molecule has 0 unspecified atom stereocenters. The molecule has 0 radical (unpaired) electrons. The number of carbonyl (C=O) groups is 1. The number of aromatic nitrogens is 1. The summed E-state index contributed by atoms with van der Waals surface area (Å²) in [7, 11) is 0. The molecule has 0 fully saturated rings. The molecule has 1 N–H and O–H groups in total. The molecule has 2 atom stereocenters. The van der Waals surface area contributed by atoms with Crippen molar-refractivity contribution in [3.63, 3.8) is 0 Å². The van der Waals surface area contributed by atoms with Crippen molar-refractivity contribution in [3.05, 3.63) is 60.4 Å². The van der Waals surface area contributed by atoms with Crippen LogP contribution in [0.15, 0.2) is 54.9 Å². The van der Waals surface area contributed by atoms with Gasteiger partial charge >= 0.3 is 0 Å². The van der Waals surface area contributed by atoms with Gasteiger partial charge < -0.3 is 10.1 Å². The quantitative estimate of drug-likeness (QED) is 0.886. The standard InChI is InChI=1S/C17H20N2O2/c1-3-16(14-9-11-18-12-10-14)19-17(20)13(2)21-15-7-5-4-6-8-15/h4-13,16H,3H2,1-2H3,(H,19,20)/t13-,16-/m1/s1. The number of pyridine rings is 1. The molecule has 0 saturated heterocycles. The summed E-state index contributed by atoms with van der Waals surface area (Å²) in [5.74, 6) is 0.569. The Labute approximate surface area is 125 Å². The molecular formula is C17H20N2O2. The summed E-state index contributed by atoms with van der Waals surface area (Å²) >= 11 is 0. The number of benzene rings is 1. The number of nitrogens with one attached hydrogen (secondary N) is 1. The maximum absolute atomic E-state index is 12.2. The molecule has 2 aromatic rings. The average Bonchev–Trinajstić information content (AvgIpc) is 2.54. The van der Waals surface area contributed by atoms with E-state index >= 15 is 0 Å². The Morgan fingerprint density at radius 2 is 1.86 bits per heavy atom. The van der Waals surface area contributed by atoms with Crippen LogP contribution < -0.4 is 10.1 Å². The molecule has 110 valence electrons. The Balaban J connectivity index is 1.96. The van der Waals surface area contributed by atoms with Crippen LogP contribution in [-0.4, -0.2) is 17.0 Å². The minimum Gasteiger partial charge on any atom is -0.481 e. The predicted molar refractivity (Wildman–Crippen MR) is 81.9 cm³/mol. The Morgan fingerprint density at radius 1 is 1.19 bits per heavy atom. The number of carbonyl (C=O) groups excluding carboxylic acids is 1. The predicted octanol–water partition coefficient (Wildman–Crippen LogP) is 3.12. The van der Waals surface area contributed by atoms with E-state index in [-0.39, 0.29) is 11.9 Å². The first-order valence-corrected chi connectivity index (χ1v) is 7.12. The zero-order valence-corrected chi connectivity index (χ0v) is 12.3. The lowest BCUT2D eigenvalue weighted by molar-refractivity contribution is -0.128. The van der Waals surface area contributed by atoms with Gasteiger partial charge in [-0.15, -0.1) is 0 Å². The maximum atomic E-state index is 12.2. The van der Waals surface area contributed by atoms with Crippen molar-refractivity contribution >= 4 is 5.91 Å². The number of hydrogen-bond acceptors (Lipinski definition) is 3. The Hall–Kier alpha value is -2.36. The van der Waals surface area contributed by atoms with Crippen LogP contribution in [0.25, 0.3) is 0 Å². The van der Waals surface area contributed by atoms with Crippen LogP contribution >= 0.6 is 0 Å². The smallest absolute Gasteiger partial charge is 0.261 e. The Morgan fingerprint density at radius 3 is 2.48 bits per heavy atom. The number of nitrogens with zero attached hydrogens (tertiary/aromatic N) is 1. The SMILES string of the molecule is CC[C@@H](NC(=O)[C@@H](C)Oc1ccccc1)c1ccncc1. The molecule has 4 nitrogen and oxygen atoms in total. The number of amides is 1. The molecule has 0 aliphatic carbocycles. The summed E-state index contributed by atoms with van der Waals surface area (Å²) in [6, 6.07) is 13.1. The van der Waals surface area contributed by atoms with Gasteiger partial charge in [0.15, 0.2) is 6.10 Å². The van der Waals surface area contributed by atoms with Gasteiger partial charge in [0.25, 0.3) is 5.91 Å². The summed E-state index contributed by atoms with van der Waals surface area (Å²) < 4.78 is 5.63. The van der Waals surface area contributed by atoms with Gasteiger partial charge in [0, 0.05) is 12.4 Å². The second-order valence-corrected chi connectivity index (χ2v) is 4.82. The minimum absolute atomic E-state index is 0.0256. The lowest BCUT2D eigenvalue weighted by Crippen LogP contribution is -2.38. The van der Waals surface area contributed by atoms with Crippen molar-refractivity contribution in [2.75, 3.05) is 0 Å². The highest BCUT2D eigenvalue weighted by Crippen LogP contribution is 2.16. The third-order valence-corrected chi connectivity index (χ3v) is 3.26. The molecule has 1 amide bonds. The van der Waals surface area contributed by atoms with Crippen LogP contribution in [0.3, 0.4) is 0 Å². The molecule has 0 aliphatic rings. The van der Waals surface area contributed by atoms with E-state index < -0.39 is 6.10 Å². The molecule has 1 heterocycles. The van der Waals surface area contributed by atoms with E-state index in [1.807, 2.05) is 49.4 Å². The molecule has 0 aliphatic heterocycles. The van der Waals surface area contributed by atoms with Gasteiger partial charge in [-0.05, 0) is 43.2 Å². The lowest BCUT2D eigenvalue weighted by atomic mass is 10.1. The Bertz CT molecular complexity index is 558. The average molecular weight is 284 g/mol. The van der Waals surface area contributed by atoms with Crippen molar-refractivity contribution in [1.29, 1.82) is 0 Å². The van der Waals surface area contributed by atoms with Crippen molar-refractivity contribution in [3.8, 4) is 5.75 Å². The third kappa shape index (κ3) is 4.31. The van der Waals surface area contributed by atoms with Gasteiger partial charge in [-0.2, -0.15) is 0 Å². The van der Waals surface area contributed by atoms with E-state index in [0.717, 1.165) is 12.0 Å². The molecule has 1 aromatic carbocycles. The van der Waals surface area contributed by atoms with Crippen molar-refractivity contribution in [1.82, 2.24) is 10.3 Å². The second kappa shape index (κ2) is 7.43. The molecule has 0 saturated carbocycles. The highest BCUT2D eigenvalue weighted by Gasteiger charge is 2.19. The van der Waals surface area contributed by atoms with Crippen LogP contribution in [-0.2, 0) is 4.79 Å². The van der Waals surface area contributed by atoms with Gasteiger partial charge in [-0.3, -0.25) is 9.78 Å². The normalized spacial score (nSPS) is 13.2. The van der Waals surface area contributed by atoms with E-state index in [9.17, 15) is 4.79 Å². The summed E-state index contributed by atoms with van der Waals surface area (Å²) in [6.45, 7) is 3.79.